The third kappa shape index (κ3) is 4.63. The van der Waals surface area contributed by atoms with Crippen LogP contribution < -0.4 is 0 Å². The van der Waals surface area contributed by atoms with Gasteiger partial charge in [-0.25, -0.2) is 4.79 Å². The SMILES string of the molecule is CCOC(=O)N1CCN(CCC2COCCO2)CC1. The van der Waals surface area contributed by atoms with E-state index in [-0.39, 0.29) is 12.2 Å². The van der Waals surface area contributed by atoms with E-state index in [0.29, 0.717) is 26.4 Å². The molecule has 1 amide bonds. The van der Waals surface area contributed by atoms with Gasteiger partial charge in [-0.15, -0.1) is 0 Å². The summed E-state index contributed by atoms with van der Waals surface area (Å²) in [5, 5.41) is 0. The third-order valence-electron chi connectivity index (χ3n) is 3.55. The fraction of sp³-hybridized carbons (Fsp3) is 0.923. The van der Waals surface area contributed by atoms with Gasteiger partial charge in [-0.2, -0.15) is 0 Å². The molecule has 0 aromatic heterocycles. The summed E-state index contributed by atoms with van der Waals surface area (Å²) in [6.07, 6.45) is 1.04. The van der Waals surface area contributed by atoms with Crippen LogP contribution in [0.3, 0.4) is 0 Å². The summed E-state index contributed by atoms with van der Waals surface area (Å²) < 4.78 is 16.0. The minimum atomic E-state index is -0.189. The normalized spacial score (nSPS) is 25.3. The number of piperazine rings is 1. The maximum Gasteiger partial charge on any atom is 0.409 e. The van der Waals surface area contributed by atoms with E-state index in [0.717, 1.165) is 39.1 Å². The molecule has 0 spiro atoms. The van der Waals surface area contributed by atoms with Crippen LogP contribution in [-0.2, 0) is 14.2 Å². The lowest BCUT2D eigenvalue weighted by molar-refractivity contribution is -0.0932. The van der Waals surface area contributed by atoms with Gasteiger partial charge in [0.15, 0.2) is 0 Å². The molecule has 0 aliphatic carbocycles. The fourth-order valence-corrected chi connectivity index (χ4v) is 2.40. The van der Waals surface area contributed by atoms with Gasteiger partial charge in [-0.1, -0.05) is 0 Å². The second-order valence-corrected chi connectivity index (χ2v) is 4.88. The summed E-state index contributed by atoms with van der Waals surface area (Å²) in [5.41, 5.74) is 0. The first-order valence-corrected chi connectivity index (χ1v) is 7.13. The zero-order valence-corrected chi connectivity index (χ0v) is 11.7. The van der Waals surface area contributed by atoms with Gasteiger partial charge in [-0.3, -0.25) is 4.90 Å². The van der Waals surface area contributed by atoms with Crippen LogP contribution in [-0.4, -0.2) is 81.1 Å². The van der Waals surface area contributed by atoms with Crippen LogP contribution in [0, 0.1) is 0 Å². The maximum absolute atomic E-state index is 11.6. The van der Waals surface area contributed by atoms with Gasteiger partial charge in [0.05, 0.1) is 32.5 Å². The molecule has 6 nitrogen and oxygen atoms in total. The highest BCUT2D eigenvalue weighted by Gasteiger charge is 2.23. The topological polar surface area (TPSA) is 51.2 Å². The molecule has 0 bridgehead atoms. The molecule has 0 saturated carbocycles. The highest BCUT2D eigenvalue weighted by atomic mass is 16.6. The molecule has 0 radical (unpaired) electrons. The lowest BCUT2D eigenvalue weighted by atomic mass is 10.2. The number of ether oxygens (including phenoxy) is 3. The van der Waals surface area contributed by atoms with Gasteiger partial charge in [0, 0.05) is 32.7 Å². The molecule has 2 fully saturated rings. The second-order valence-electron chi connectivity index (χ2n) is 4.88. The van der Waals surface area contributed by atoms with E-state index in [2.05, 4.69) is 4.90 Å². The Morgan fingerprint density at radius 1 is 1.26 bits per heavy atom. The van der Waals surface area contributed by atoms with Crippen molar-refractivity contribution in [1.29, 1.82) is 0 Å². The summed E-state index contributed by atoms with van der Waals surface area (Å²) in [6, 6.07) is 0. The van der Waals surface area contributed by atoms with Crippen molar-refractivity contribution in [2.75, 3.05) is 59.2 Å². The Morgan fingerprint density at radius 2 is 2.05 bits per heavy atom. The monoisotopic (exact) mass is 272 g/mol. The van der Waals surface area contributed by atoms with Gasteiger partial charge in [-0.05, 0) is 13.3 Å². The van der Waals surface area contributed by atoms with Gasteiger partial charge in [0.2, 0.25) is 0 Å². The lowest BCUT2D eigenvalue weighted by Crippen LogP contribution is -2.49. The van der Waals surface area contributed by atoms with Gasteiger partial charge < -0.3 is 19.1 Å². The molecule has 2 aliphatic heterocycles. The number of hydrogen-bond donors (Lipinski definition) is 0. The maximum atomic E-state index is 11.6. The first kappa shape index (κ1) is 14.6. The van der Waals surface area contributed by atoms with Crippen LogP contribution >= 0.6 is 0 Å². The molecule has 2 aliphatic rings. The zero-order valence-electron chi connectivity index (χ0n) is 11.7. The van der Waals surface area contributed by atoms with Crippen molar-refractivity contribution in [2.45, 2.75) is 19.4 Å². The van der Waals surface area contributed by atoms with Crippen LogP contribution in [0.1, 0.15) is 13.3 Å². The van der Waals surface area contributed by atoms with E-state index < -0.39 is 0 Å². The van der Waals surface area contributed by atoms with Crippen molar-refractivity contribution in [2.24, 2.45) is 0 Å². The quantitative estimate of drug-likeness (QED) is 0.749. The number of carbonyl (C=O) groups excluding carboxylic acids is 1. The van der Waals surface area contributed by atoms with Crippen molar-refractivity contribution in [3.05, 3.63) is 0 Å². The summed E-state index contributed by atoms with van der Waals surface area (Å²) >= 11 is 0. The second kappa shape index (κ2) is 7.67. The summed E-state index contributed by atoms with van der Waals surface area (Å²) in [5.74, 6) is 0. The number of hydrogen-bond acceptors (Lipinski definition) is 5. The first-order valence-electron chi connectivity index (χ1n) is 7.13. The number of rotatable bonds is 4. The molecule has 0 aromatic rings. The number of nitrogens with zero attached hydrogens (tertiary/aromatic N) is 2. The molecule has 6 heteroatoms. The molecule has 1 atom stereocenters. The first-order chi connectivity index (χ1) is 9.29. The molecule has 19 heavy (non-hydrogen) atoms. The highest BCUT2D eigenvalue weighted by Crippen LogP contribution is 2.09. The largest absolute Gasteiger partial charge is 0.450 e. The molecule has 0 N–H and O–H groups in total. The average molecular weight is 272 g/mol. The van der Waals surface area contributed by atoms with E-state index in [9.17, 15) is 4.79 Å². The van der Waals surface area contributed by atoms with Crippen molar-refractivity contribution in [3.63, 3.8) is 0 Å². The molecule has 1 unspecified atom stereocenters. The van der Waals surface area contributed by atoms with Crippen molar-refractivity contribution < 1.29 is 19.0 Å². The Labute approximate surface area is 114 Å². The van der Waals surface area contributed by atoms with Crippen LogP contribution in [0.5, 0.6) is 0 Å². The Kier molecular flexibility index (Phi) is 5.88. The Bertz CT molecular complexity index is 274. The molecule has 2 rings (SSSR count). The van der Waals surface area contributed by atoms with E-state index in [1.165, 1.54) is 0 Å². The van der Waals surface area contributed by atoms with Crippen LogP contribution in [0.15, 0.2) is 0 Å². The van der Waals surface area contributed by atoms with Crippen molar-refractivity contribution in [3.8, 4) is 0 Å². The predicted molar refractivity (Wildman–Crippen MR) is 70.2 cm³/mol. The minimum Gasteiger partial charge on any atom is -0.450 e. The molecule has 110 valence electrons. The molecule has 2 heterocycles. The molecular weight excluding hydrogens is 248 g/mol. The summed E-state index contributed by atoms with van der Waals surface area (Å²) in [7, 11) is 0. The Hall–Kier alpha value is -0.850. The van der Waals surface area contributed by atoms with E-state index in [1.54, 1.807) is 4.90 Å². The van der Waals surface area contributed by atoms with Crippen LogP contribution in [0.25, 0.3) is 0 Å². The molecular formula is C13H24N2O4. The fourth-order valence-electron chi connectivity index (χ4n) is 2.40. The smallest absolute Gasteiger partial charge is 0.409 e. The van der Waals surface area contributed by atoms with Gasteiger partial charge >= 0.3 is 6.09 Å². The van der Waals surface area contributed by atoms with Crippen LogP contribution in [0.2, 0.25) is 0 Å². The summed E-state index contributed by atoms with van der Waals surface area (Å²) in [6.45, 7) is 8.74. The standard InChI is InChI=1S/C13H24N2O4/c1-2-18-13(16)15-7-5-14(6-8-15)4-3-12-11-17-9-10-19-12/h12H,2-11H2,1H3. The van der Waals surface area contributed by atoms with Crippen molar-refractivity contribution in [1.82, 2.24) is 9.80 Å². The predicted octanol–water partition coefficient (Wildman–Crippen LogP) is 0.566. The van der Waals surface area contributed by atoms with Crippen LogP contribution in [0.4, 0.5) is 4.79 Å². The zero-order chi connectivity index (χ0) is 13.5. The lowest BCUT2D eigenvalue weighted by Gasteiger charge is -2.35. The van der Waals surface area contributed by atoms with E-state index >= 15 is 0 Å². The highest BCUT2D eigenvalue weighted by molar-refractivity contribution is 5.67. The van der Waals surface area contributed by atoms with Gasteiger partial charge in [0.1, 0.15) is 0 Å². The van der Waals surface area contributed by atoms with Gasteiger partial charge in [0.25, 0.3) is 0 Å². The summed E-state index contributed by atoms with van der Waals surface area (Å²) in [4.78, 5) is 15.7. The number of amides is 1. The van der Waals surface area contributed by atoms with E-state index in [4.69, 9.17) is 14.2 Å². The number of carbonyl (C=O) groups is 1. The van der Waals surface area contributed by atoms with Crippen molar-refractivity contribution >= 4 is 6.09 Å². The minimum absolute atomic E-state index is 0.189. The molecule has 0 aromatic carbocycles. The average Bonchev–Trinajstić information content (AvgIpc) is 2.47. The molecule has 2 saturated heterocycles. The Morgan fingerprint density at radius 3 is 2.68 bits per heavy atom. The third-order valence-corrected chi connectivity index (χ3v) is 3.55. The van der Waals surface area contributed by atoms with E-state index in [1.807, 2.05) is 6.92 Å². The Balaban J connectivity index is 1.61.